The first kappa shape index (κ1) is 20.2. The van der Waals surface area contributed by atoms with Crippen molar-refractivity contribution < 1.29 is 13.0 Å². The molecule has 6 heteroatoms. The summed E-state index contributed by atoms with van der Waals surface area (Å²) in [5.74, 6) is 0. The number of aryl methyl sites for hydroxylation is 3. The van der Waals surface area contributed by atoms with Gasteiger partial charge in [0.15, 0.2) is 5.37 Å². The number of fused-ring (bicyclic) bond motifs is 2. The molecule has 3 rings (SSSR count). The maximum Gasteiger partial charge on any atom is 0.286 e. The Morgan fingerprint density at radius 1 is 1.04 bits per heavy atom. The fourth-order valence-electron chi connectivity index (χ4n) is 3.77. The van der Waals surface area contributed by atoms with Crippen molar-refractivity contribution in [2.75, 3.05) is 4.90 Å². The van der Waals surface area contributed by atoms with Gasteiger partial charge in [-0.15, -0.1) is 0 Å². The SMILES string of the molecule is CCc1cc(CC)c2c(c1)Sc1c(CC)cccc1N2C(CC)S(=O)(=O)O. The molecule has 0 bridgehead atoms. The van der Waals surface area contributed by atoms with Gasteiger partial charge in [0, 0.05) is 9.79 Å². The van der Waals surface area contributed by atoms with Gasteiger partial charge in [-0.25, -0.2) is 0 Å². The van der Waals surface area contributed by atoms with E-state index in [2.05, 4.69) is 39.0 Å². The van der Waals surface area contributed by atoms with Crippen molar-refractivity contribution >= 4 is 33.3 Å². The minimum atomic E-state index is -4.24. The van der Waals surface area contributed by atoms with E-state index in [-0.39, 0.29) is 0 Å². The van der Waals surface area contributed by atoms with E-state index in [1.54, 1.807) is 18.7 Å². The standard InChI is InChI=1S/C21H27NO3S2/c1-5-14-12-16(7-3)20-18(13-14)26-21-15(6-2)10-9-11-17(21)22(20)19(8-4)27(23,24)25/h9-13,19H,5-8H2,1-4H3,(H,23,24,25). The fourth-order valence-corrected chi connectivity index (χ4v) is 6.04. The minimum absolute atomic E-state index is 0.303. The summed E-state index contributed by atoms with van der Waals surface area (Å²) < 4.78 is 34.5. The van der Waals surface area contributed by atoms with Crippen LogP contribution in [0.2, 0.25) is 0 Å². The lowest BCUT2D eigenvalue weighted by Gasteiger charge is -2.39. The number of benzene rings is 2. The Bertz CT molecular complexity index is 954. The van der Waals surface area contributed by atoms with E-state index in [4.69, 9.17) is 0 Å². The Hall–Kier alpha value is -1.50. The van der Waals surface area contributed by atoms with Crippen molar-refractivity contribution in [2.45, 2.75) is 68.5 Å². The van der Waals surface area contributed by atoms with E-state index in [0.29, 0.717) is 6.42 Å². The summed E-state index contributed by atoms with van der Waals surface area (Å²) in [5.41, 5.74) is 5.35. The van der Waals surface area contributed by atoms with Crippen LogP contribution in [0.15, 0.2) is 40.1 Å². The molecule has 2 aromatic carbocycles. The zero-order chi connectivity index (χ0) is 19.8. The molecule has 1 unspecified atom stereocenters. The van der Waals surface area contributed by atoms with Crippen molar-refractivity contribution in [3.8, 4) is 0 Å². The average Bonchev–Trinajstić information content (AvgIpc) is 2.65. The third-order valence-electron chi connectivity index (χ3n) is 5.15. The molecule has 27 heavy (non-hydrogen) atoms. The first-order valence-electron chi connectivity index (χ1n) is 9.56. The summed E-state index contributed by atoms with van der Waals surface area (Å²) in [7, 11) is -4.24. The monoisotopic (exact) mass is 405 g/mol. The lowest BCUT2D eigenvalue weighted by molar-refractivity contribution is 0.464. The zero-order valence-corrected chi connectivity index (χ0v) is 18.0. The average molecular weight is 406 g/mol. The summed E-state index contributed by atoms with van der Waals surface area (Å²) in [5, 5.41) is -0.999. The van der Waals surface area contributed by atoms with Crippen LogP contribution in [0.5, 0.6) is 0 Å². The van der Waals surface area contributed by atoms with Crippen molar-refractivity contribution in [2.24, 2.45) is 0 Å². The van der Waals surface area contributed by atoms with E-state index in [9.17, 15) is 13.0 Å². The van der Waals surface area contributed by atoms with Crippen LogP contribution < -0.4 is 4.90 Å². The van der Waals surface area contributed by atoms with Gasteiger partial charge in [-0.1, -0.05) is 57.7 Å². The fraction of sp³-hybridized carbons (Fsp3) is 0.429. The predicted octanol–water partition coefficient (Wildman–Crippen LogP) is 5.60. The van der Waals surface area contributed by atoms with Crippen LogP contribution in [-0.4, -0.2) is 18.3 Å². The lowest BCUT2D eigenvalue weighted by atomic mass is 10.0. The molecule has 0 saturated carbocycles. The Morgan fingerprint density at radius 3 is 2.30 bits per heavy atom. The van der Waals surface area contributed by atoms with Gasteiger partial charge < -0.3 is 4.90 Å². The van der Waals surface area contributed by atoms with Crippen LogP contribution in [0, 0.1) is 0 Å². The summed E-state index contributed by atoms with van der Waals surface area (Å²) in [6.45, 7) is 8.13. The smallest absolute Gasteiger partial charge is 0.286 e. The third kappa shape index (κ3) is 3.62. The summed E-state index contributed by atoms with van der Waals surface area (Å²) in [6.07, 6.45) is 2.91. The second kappa shape index (κ2) is 7.86. The molecule has 0 aromatic heterocycles. The molecule has 1 atom stereocenters. The molecule has 0 fully saturated rings. The van der Waals surface area contributed by atoms with E-state index in [1.165, 1.54) is 11.1 Å². The van der Waals surface area contributed by atoms with Gasteiger partial charge in [0.25, 0.3) is 10.1 Å². The Morgan fingerprint density at radius 2 is 1.74 bits per heavy atom. The van der Waals surface area contributed by atoms with Gasteiger partial charge >= 0.3 is 0 Å². The molecule has 1 heterocycles. The first-order valence-corrected chi connectivity index (χ1v) is 11.9. The third-order valence-corrected chi connectivity index (χ3v) is 7.59. The van der Waals surface area contributed by atoms with E-state index in [1.807, 2.05) is 17.0 Å². The Balaban J connectivity index is 2.36. The zero-order valence-electron chi connectivity index (χ0n) is 16.3. The van der Waals surface area contributed by atoms with Crippen LogP contribution in [0.1, 0.15) is 50.8 Å². The Labute approximate surface area is 166 Å². The number of hydrogen-bond acceptors (Lipinski definition) is 4. The van der Waals surface area contributed by atoms with Crippen LogP contribution in [-0.2, 0) is 29.4 Å². The molecule has 2 aromatic rings. The van der Waals surface area contributed by atoms with Crippen LogP contribution in [0.25, 0.3) is 0 Å². The van der Waals surface area contributed by atoms with Gasteiger partial charge in [-0.05, 0) is 54.5 Å². The molecule has 0 aliphatic carbocycles. The molecule has 4 nitrogen and oxygen atoms in total. The maximum absolute atomic E-state index is 12.3. The second-order valence-corrected chi connectivity index (χ2v) is 9.40. The van der Waals surface area contributed by atoms with Crippen molar-refractivity contribution in [1.29, 1.82) is 0 Å². The lowest BCUT2D eigenvalue weighted by Crippen LogP contribution is -2.39. The Kier molecular flexibility index (Phi) is 5.89. The quantitative estimate of drug-likeness (QED) is 0.634. The van der Waals surface area contributed by atoms with E-state index < -0.39 is 15.5 Å². The highest BCUT2D eigenvalue weighted by atomic mass is 32.2. The van der Waals surface area contributed by atoms with Gasteiger partial charge in [-0.2, -0.15) is 8.42 Å². The van der Waals surface area contributed by atoms with Crippen LogP contribution in [0.3, 0.4) is 0 Å². The maximum atomic E-state index is 12.3. The van der Waals surface area contributed by atoms with Gasteiger partial charge in [-0.3, -0.25) is 4.55 Å². The second-order valence-electron chi connectivity index (χ2n) is 6.78. The molecular formula is C21H27NO3S2. The molecule has 1 aliphatic heterocycles. The summed E-state index contributed by atoms with van der Waals surface area (Å²) >= 11 is 1.72. The molecule has 0 amide bonds. The first-order chi connectivity index (χ1) is 12.8. The molecule has 1 N–H and O–H groups in total. The summed E-state index contributed by atoms with van der Waals surface area (Å²) in [4.78, 5) is 4.01. The largest absolute Gasteiger partial charge is 0.319 e. The predicted molar refractivity (Wildman–Crippen MR) is 113 cm³/mol. The van der Waals surface area contributed by atoms with Gasteiger partial charge in [0.1, 0.15) is 0 Å². The number of nitrogens with zero attached hydrogens (tertiary/aromatic N) is 1. The van der Waals surface area contributed by atoms with Crippen molar-refractivity contribution in [1.82, 2.24) is 0 Å². The van der Waals surface area contributed by atoms with Gasteiger partial charge in [0.2, 0.25) is 0 Å². The number of anilines is 2. The molecule has 1 aliphatic rings. The molecule has 0 spiro atoms. The highest BCUT2D eigenvalue weighted by molar-refractivity contribution is 7.99. The number of rotatable bonds is 6. The number of hydrogen-bond donors (Lipinski definition) is 1. The van der Waals surface area contributed by atoms with Crippen molar-refractivity contribution in [3.63, 3.8) is 0 Å². The highest BCUT2D eigenvalue weighted by Gasteiger charge is 2.37. The highest BCUT2D eigenvalue weighted by Crippen LogP contribution is 2.53. The molecule has 0 radical (unpaired) electrons. The van der Waals surface area contributed by atoms with E-state index >= 15 is 0 Å². The molecule has 0 saturated heterocycles. The summed E-state index contributed by atoms with van der Waals surface area (Å²) in [6, 6.07) is 10.4. The topological polar surface area (TPSA) is 57.6 Å². The van der Waals surface area contributed by atoms with Crippen molar-refractivity contribution in [3.05, 3.63) is 47.0 Å². The molecular weight excluding hydrogens is 378 g/mol. The van der Waals surface area contributed by atoms with Crippen LogP contribution >= 0.6 is 11.8 Å². The van der Waals surface area contributed by atoms with E-state index in [0.717, 1.165) is 46.0 Å². The van der Waals surface area contributed by atoms with Crippen LogP contribution in [0.4, 0.5) is 11.4 Å². The normalized spacial score (nSPS) is 14.6. The molecule has 146 valence electrons. The van der Waals surface area contributed by atoms with Gasteiger partial charge in [0.05, 0.1) is 11.4 Å². The minimum Gasteiger partial charge on any atom is -0.319 e.